The van der Waals surface area contributed by atoms with Gasteiger partial charge in [0.15, 0.2) is 0 Å². The average Bonchev–Trinajstić information content (AvgIpc) is 2.10. The Kier molecular flexibility index (Phi) is 6.12. The van der Waals surface area contributed by atoms with Crippen molar-refractivity contribution in [3.63, 3.8) is 0 Å². The summed E-state index contributed by atoms with van der Waals surface area (Å²) in [6.07, 6.45) is 1.02. The van der Waals surface area contributed by atoms with Crippen LogP contribution in [0, 0.1) is 0 Å². The van der Waals surface area contributed by atoms with Gasteiger partial charge in [0, 0.05) is 12.6 Å². The van der Waals surface area contributed by atoms with Crippen molar-refractivity contribution in [3.8, 4) is 0 Å². The number of rotatable bonds is 7. The van der Waals surface area contributed by atoms with Crippen molar-refractivity contribution in [2.24, 2.45) is 0 Å². The van der Waals surface area contributed by atoms with Gasteiger partial charge in [0.1, 0.15) is 5.78 Å². The van der Waals surface area contributed by atoms with Gasteiger partial charge in [-0.05, 0) is 20.3 Å². The van der Waals surface area contributed by atoms with E-state index in [1.807, 2.05) is 18.7 Å². The molecule has 14 heavy (non-hydrogen) atoms. The molecule has 1 unspecified atom stereocenters. The molecular formula is C10H19NO3. The number of carboxylic acid groups (broad SMARTS) is 1. The molecule has 0 aliphatic carbocycles. The lowest BCUT2D eigenvalue weighted by Crippen LogP contribution is -2.37. The monoisotopic (exact) mass is 201 g/mol. The maximum absolute atomic E-state index is 10.9. The maximum Gasteiger partial charge on any atom is 0.304 e. The van der Waals surface area contributed by atoms with Gasteiger partial charge in [-0.1, -0.05) is 6.92 Å². The van der Waals surface area contributed by atoms with Gasteiger partial charge in [-0.2, -0.15) is 0 Å². The third-order valence-electron chi connectivity index (χ3n) is 2.25. The Balaban J connectivity index is 4.09. The Morgan fingerprint density at radius 1 is 1.43 bits per heavy atom. The molecule has 0 heterocycles. The van der Waals surface area contributed by atoms with E-state index in [0.29, 0.717) is 13.1 Å². The van der Waals surface area contributed by atoms with E-state index in [2.05, 4.69) is 0 Å². The highest BCUT2D eigenvalue weighted by molar-refractivity contribution is 5.77. The molecule has 4 heteroatoms. The van der Waals surface area contributed by atoms with Crippen molar-refractivity contribution in [2.75, 3.05) is 13.1 Å². The summed E-state index contributed by atoms with van der Waals surface area (Å²) in [6.45, 7) is 6.35. The van der Waals surface area contributed by atoms with Gasteiger partial charge in [-0.15, -0.1) is 0 Å². The maximum atomic E-state index is 10.9. The smallest absolute Gasteiger partial charge is 0.304 e. The van der Waals surface area contributed by atoms with E-state index in [1.54, 1.807) is 0 Å². The van der Waals surface area contributed by atoms with Crippen molar-refractivity contribution < 1.29 is 14.7 Å². The average molecular weight is 201 g/mol. The second-order valence-corrected chi connectivity index (χ2v) is 3.57. The van der Waals surface area contributed by atoms with Crippen LogP contribution in [0.1, 0.15) is 33.6 Å². The van der Waals surface area contributed by atoms with Crippen molar-refractivity contribution in [1.82, 2.24) is 4.90 Å². The molecule has 0 aliphatic heterocycles. The predicted molar refractivity (Wildman–Crippen MR) is 54.3 cm³/mol. The van der Waals surface area contributed by atoms with Crippen LogP contribution >= 0.6 is 0 Å². The summed E-state index contributed by atoms with van der Waals surface area (Å²) in [6, 6.07) is 0.262. The fourth-order valence-electron chi connectivity index (χ4n) is 1.24. The quantitative estimate of drug-likeness (QED) is 0.671. The van der Waals surface area contributed by atoms with Crippen LogP contribution in [0.4, 0.5) is 0 Å². The Morgan fingerprint density at radius 2 is 2.00 bits per heavy atom. The third kappa shape index (κ3) is 5.70. The van der Waals surface area contributed by atoms with Crippen LogP contribution in [-0.4, -0.2) is 40.9 Å². The topological polar surface area (TPSA) is 57.6 Å². The lowest BCUT2D eigenvalue weighted by molar-refractivity contribution is -0.137. The highest BCUT2D eigenvalue weighted by atomic mass is 16.4. The van der Waals surface area contributed by atoms with Gasteiger partial charge in [0.2, 0.25) is 0 Å². The molecule has 0 aromatic carbocycles. The minimum Gasteiger partial charge on any atom is -0.481 e. The Labute approximate surface area is 84.9 Å². The first-order valence-electron chi connectivity index (χ1n) is 4.92. The molecule has 0 aromatic heterocycles. The summed E-state index contributed by atoms with van der Waals surface area (Å²) < 4.78 is 0. The van der Waals surface area contributed by atoms with Crippen LogP contribution in [0.15, 0.2) is 0 Å². The van der Waals surface area contributed by atoms with E-state index in [4.69, 9.17) is 5.11 Å². The molecular weight excluding hydrogens is 182 g/mol. The van der Waals surface area contributed by atoms with Gasteiger partial charge in [0.25, 0.3) is 0 Å². The van der Waals surface area contributed by atoms with Crippen LogP contribution < -0.4 is 0 Å². The van der Waals surface area contributed by atoms with Gasteiger partial charge in [-0.25, -0.2) is 0 Å². The molecule has 0 spiro atoms. The minimum absolute atomic E-state index is 0.0793. The molecule has 1 atom stereocenters. The summed E-state index contributed by atoms with van der Waals surface area (Å²) in [5.74, 6) is -0.738. The van der Waals surface area contributed by atoms with Crippen molar-refractivity contribution >= 4 is 11.8 Å². The highest BCUT2D eigenvalue weighted by Crippen LogP contribution is 2.04. The molecule has 0 saturated heterocycles. The molecule has 82 valence electrons. The summed E-state index contributed by atoms with van der Waals surface area (Å²) in [4.78, 5) is 23.2. The molecule has 0 bridgehead atoms. The summed E-state index contributed by atoms with van der Waals surface area (Å²) >= 11 is 0. The lowest BCUT2D eigenvalue weighted by atomic mass is 10.2. The normalized spacial score (nSPS) is 12.9. The lowest BCUT2D eigenvalue weighted by Gasteiger charge is -2.26. The van der Waals surface area contributed by atoms with E-state index in [-0.39, 0.29) is 18.2 Å². The van der Waals surface area contributed by atoms with Gasteiger partial charge >= 0.3 is 5.97 Å². The van der Waals surface area contributed by atoms with Crippen molar-refractivity contribution in [2.45, 2.75) is 39.7 Å². The summed E-state index contributed by atoms with van der Waals surface area (Å²) in [5, 5.41) is 8.54. The van der Waals surface area contributed by atoms with E-state index in [9.17, 15) is 9.59 Å². The summed E-state index contributed by atoms with van der Waals surface area (Å²) in [5.41, 5.74) is 0. The minimum atomic E-state index is -0.818. The Morgan fingerprint density at radius 3 is 2.36 bits per heavy atom. The Bertz CT molecular complexity index is 204. The SMILES string of the molecule is CCC(C)N(CCC(=O)O)CC(C)=O. The van der Waals surface area contributed by atoms with Crippen LogP contribution in [0.25, 0.3) is 0 Å². The van der Waals surface area contributed by atoms with Crippen LogP contribution in [0.2, 0.25) is 0 Å². The number of Topliss-reactive ketones (excluding diaryl/α,β-unsaturated/α-hetero) is 1. The number of carbonyl (C=O) groups excluding carboxylic acids is 1. The molecule has 1 N–H and O–H groups in total. The summed E-state index contributed by atoms with van der Waals surface area (Å²) in [7, 11) is 0. The third-order valence-corrected chi connectivity index (χ3v) is 2.25. The van der Waals surface area contributed by atoms with Crippen molar-refractivity contribution in [3.05, 3.63) is 0 Å². The zero-order valence-electron chi connectivity index (χ0n) is 9.12. The fraction of sp³-hybridized carbons (Fsp3) is 0.800. The number of hydrogen-bond donors (Lipinski definition) is 1. The molecule has 0 saturated carbocycles. The molecule has 0 amide bonds. The number of carbonyl (C=O) groups is 2. The van der Waals surface area contributed by atoms with Gasteiger partial charge < -0.3 is 5.11 Å². The predicted octanol–water partition coefficient (Wildman–Crippen LogP) is 1.15. The number of aliphatic carboxylic acids is 1. The first kappa shape index (κ1) is 13.1. The molecule has 0 aliphatic rings. The fourth-order valence-corrected chi connectivity index (χ4v) is 1.24. The first-order valence-corrected chi connectivity index (χ1v) is 4.92. The van der Waals surface area contributed by atoms with E-state index >= 15 is 0 Å². The van der Waals surface area contributed by atoms with E-state index < -0.39 is 5.97 Å². The van der Waals surface area contributed by atoms with E-state index in [0.717, 1.165) is 6.42 Å². The molecule has 0 aromatic rings. The second kappa shape index (κ2) is 6.54. The number of hydrogen-bond acceptors (Lipinski definition) is 3. The second-order valence-electron chi connectivity index (χ2n) is 3.57. The van der Waals surface area contributed by atoms with E-state index in [1.165, 1.54) is 6.92 Å². The van der Waals surface area contributed by atoms with Crippen LogP contribution in [0.3, 0.4) is 0 Å². The first-order chi connectivity index (χ1) is 6.47. The molecule has 4 nitrogen and oxygen atoms in total. The van der Waals surface area contributed by atoms with Crippen molar-refractivity contribution in [1.29, 1.82) is 0 Å². The highest BCUT2D eigenvalue weighted by Gasteiger charge is 2.14. The number of carboxylic acids is 1. The molecule has 0 rings (SSSR count). The zero-order valence-corrected chi connectivity index (χ0v) is 9.12. The van der Waals surface area contributed by atoms with Crippen LogP contribution in [0.5, 0.6) is 0 Å². The van der Waals surface area contributed by atoms with Gasteiger partial charge in [-0.3, -0.25) is 14.5 Å². The molecule has 0 radical (unpaired) electrons. The van der Waals surface area contributed by atoms with Crippen LogP contribution in [-0.2, 0) is 9.59 Å². The largest absolute Gasteiger partial charge is 0.481 e. The Hall–Kier alpha value is -0.900. The standard InChI is InChI=1S/C10H19NO3/c1-4-8(2)11(7-9(3)12)6-5-10(13)14/h8H,4-7H2,1-3H3,(H,13,14). The zero-order chi connectivity index (χ0) is 11.1. The molecule has 0 fully saturated rings. The van der Waals surface area contributed by atoms with Gasteiger partial charge in [0.05, 0.1) is 13.0 Å². The number of nitrogens with zero attached hydrogens (tertiary/aromatic N) is 1. The number of ketones is 1.